The largest absolute Gasteiger partial charge is 0.455 e. The molecule has 0 fully saturated rings. The van der Waals surface area contributed by atoms with Gasteiger partial charge < -0.3 is 8.98 Å². The highest BCUT2D eigenvalue weighted by Gasteiger charge is 2.23. The van der Waals surface area contributed by atoms with Crippen molar-refractivity contribution in [1.29, 1.82) is 0 Å². The van der Waals surface area contributed by atoms with Crippen LogP contribution in [-0.2, 0) is 0 Å². The molecule has 0 radical (unpaired) electrons. The molecule has 0 N–H and O–H groups in total. The normalized spacial score (nSPS) is 19.5. The summed E-state index contributed by atoms with van der Waals surface area (Å²) in [6.45, 7) is 0. The van der Waals surface area contributed by atoms with Gasteiger partial charge in [-0.1, -0.05) is 169 Å². The number of aromatic nitrogens is 4. The van der Waals surface area contributed by atoms with Gasteiger partial charge in [-0.15, -0.1) is 0 Å². The number of hydrogen-bond acceptors (Lipinski definition) is 4. The minimum Gasteiger partial charge on any atom is -0.455 e. The Morgan fingerprint density at radius 1 is 0.339 bits per heavy atom. The van der Waals surface area contributed by atoms with E-state index in [0.717, 1.165) is 4.57 Å². The number of furan rings is 1. The summed E-state index contributed by atoms with van der Waals surface area (Å²) in [4.78, 5) is 13.1. The van der Waals surface area contributed by atoms with E-state index in [1.807, 2.05) is 0 Å². The van der Waals surface area contributed by atoms with E-state index >= 15 is 0 Å². The predicted octanol–water partition coefficient (Wildman–Crippen LogP) is 14.9. The third-order valence-electron chi connectivity index (χ3n) is 9.97. The average molecular weight is 825 g/mol. The summed E-state index contributed by atoms with van der Waals surface area (Å²) in [7, 11) is 0. The monoisotopic (exact) mass is 824 g/mol. The van der Waals surface area contributed by atoms with Crippen LogP contribution in [0.2, 0.25) is 0 Å². The molecule has 288 valence electrons. The minimum atomic E-state index is -1.08. The van der Waals surface area contributed by atoms with Crippen LogP contribution in [0.1, 0.15) is 46.6 Å². The molecule has 3 heterocycles. The molecule has 5 nitrogen and oxygen atoms in total. The van der Waals surface area contributed by atoms with Gasteiger partial charge in [0.1, 0.15) is 11.2 Å². The molecule has 0 saturated carbocycles. The molecule has 13 rings (SSSR count). The molecule has 0 aliphatic rings. The van der Waals surface area contributed by atoms with Gasteiger partial charge in [0.2, 0.25) is 0 Å². The summed E-state index contributed by atoms with van der Waals surface area (Å²) in [6, 6.07) is -32.5. The second-order valence-corrected chi connectivity index (χ2v) is 13.3. The van der Waals surface area contributed by atoms with E-state index in [-0.39, 0.29) is 10.8 Å². The third kappa shape index (κ3) is 5.25. The highest BCUT2D eigenvalue weighted by molar-refractivity contribution is 6.35. The molecule has 5 heteroatoms. The number of para-hydroxylation sites is 3. The lowest BCUT2D eigenvalue weighted by atomic mass is 9.92. The predicted molar refractivity (Wildman–Crippen MR) is 255 cm³/mol. The fourth-order valence-electron chi connectivity index (χ4n) is 7.39. The Balaban J connectivity index is 1.22. The van der Waals surface area contributed by atoms with Crippen LogP contribution >= 0.6 is 0 Å². The van der Waals surface area contributed by atoms with Gasteiger partial charge in [0.25, 0.3) is 0 Å². The zero-order valence-corrected chi connectivity index (χ0v) is 30.7. The average Bonchev–Trinajstić information content (AvgIpc) is 1.47. The van der Waals surface area contributed by atoms with Crippen molar-refractivity contribution in [2.75, 3.05) is 0 Å². The quantitative estimate of drug-likeness (QED) is 0.157. The lowest BCUT2D eigenvalue weighted by Gasteiger charge is -2.12. The van der Waals surface area contributed by atoms with Crippen molar-refractivity contribution in [3.05, 3.63) is 205 Å². The summed E-state index contributed by atoms with van der Waals surface area (Å²) in [5, 5.41) is -4.18. The summed E-state index contributed by atoms with van der Waals surface area (Å²) in [5.41, 5.74) is -9.41. The van der Waals surface area contributed by atoms with Crippen LogP contribution < -0.4 is 0 Å². The molecule has 0 atom stereocenters. The number of hydrogen-bond donors (Lipinski definition) is 0. The summed E-state index contributed by atoms with van der Waals surface area (Å²) in [6.07, 6.45) is 0. The maximum Gasteiger partial charge on any atom is 0.167 e. The van der Waals surface area contributed by atoms with Crippen molar-refractivity contribution in [1.82, 2.24) is 19.5 Å². The van der Waals surface area contributed by atoms with Crippen molar-refractivity contribution < 1.29 is 51.0 Å². The van der Waals surface area contributed by atoms with Crippen LogP contribution in [0.5, 0.6) is 0 Å². The molecule has 0 saturated heterocycles. The fraction of sp³-hybridized carbons (Fsp3) is 0. The van der Waals surface area contributed by atoms with E-state index in [1.54, 1.807) is 0 Å². The highest BCUT2D eigenvalue weighted by atomic mass is 16.3. The molecule has 0 aliphatic heterocycles. The Labute approximate surface area is 403 Å². The van der Waals surface area contributed by atoms with Crippen molar-refractivity contribution in [3.63, 3.8) is 0 Å². The molecular formula is C57H34N4O. The molecule has 0 bridgehead atoms. The van der Waals surface area contributed by atoms with E-state index in [4.69, 9.17) is 26.3 Å². The van der Waals surface area contributed by atoms with Crippen molar-refractivity contribution in [2.24, 2.45) is 0 Å². The van der Waals surface area contributed by atoms with E-state index in [9.17, 15) is 24.7 Å². The van der Waals surface area contributed by atoms with Crippen LogP contribution in [0.4, 0.5) is 0 Å². The van der Waals surface area contributed by atoms with Gasteiger partial charge in [-0.05, 0) is 74.5 Å². The fourth-order valence-corrected chi connectivity index (χ4v) is 7.39. The standard InChI is InChI=1S/C57H34N4O/c1-4-15-35(16-5-1)36-29-31-38(32-30-36)56-58-55(37-17-6-2-7-18-37)59-57(60-56)47-27-13-26-46-45-25-12-23-41(53(45)62-54(46)47)39-33-48-43-22-11-10-21-42(43)44-24-14-28-49-51(44)52(48)50(34-39)61(49)40-19-8-3-9-20-40/h1-34H/i1D,2D,3D,4D,5D,6D,7D,8D,9D,10D,11D,12D,13D,14D,15D,16D,17D,18D,19D,20D,21D,22D,23D,24D,25D,26D,27D,28D,29D,30D,31D,32D,33D,34D. The molecule has 0 aliphatic carbocycles. The number of benzene rings is 10. The number of nitrogens with zero attached hydrogens (tertiary/aromatic N) is 4. The van der Waals surface area contributed by atoms with Crippen molar-refractivity contribution in [3.8, 4) is 62.1 Å². The maximum atomic E-state index is 10.3. The van der Waals surface area contributed by atoms with E-state index in [1.165, 1.54) is 0 Å². The molecule has 3 aromatic heterocycles. The first-order chi connectivity index (χ1) is 44.9. The first-order valence-corrected chi connectivity index (χ1v) is 18.2. The molecule has 13 aromatic rings. The van der Waals surface area contributed by atoms with Gasteiger partial charge in [0, 0.05) is 43.9 Å². The highest BCUT2D eigenvalue weighted by Crippen LogP contribution is 2.47. The molecule has 10 aromatic carbocycles. The smallest absolute Gasteiger partial charge is 0.167 e. The molecule has 0 spiro atoms. The van der Waals surface area contributed by atoms with Gasteiger partial charge in [0.05, 0.1) is 63.2 Å². The Hall–Kier alpha value is -8.41. The summed E-state index contributed by atoms with van der Waals surface area (Å²) >= 11 is 0. The van der Waals surface area contributed by atoms with Crippen LogP contribution in [0.15, 0.2) is 210 Å². The van der Waals surface area contributed by atoms with Crippen molar-refractivity contribution in [2.45, 2.75) is 0 Å². The van der Waals surface area contributed by atoms with Crippen molar-refractivity contribution >= 4 is 65.3 Å². The Morgan fingerprint density at radius 3 is 1.53 bits per heavy atom. The van der Waals surface area contributed by atoms with Crippen LogP contribution in [0, 0.1) is 0 Å². The zero-order chi connectivity index (χ0) is 70.3. The lowest BCUT2D eigenvalue weighted by Crippen LogP contribution is -2.00. The first kappa shape index (κ1) is 14.9. The minimum absolute atomic E-state index is 0.348. The van der Waals surface area contributed by atoms with Crippen LogP contribution in [0.25, 0.3) is 127 Å². The van der Waals surface area contributed by atoms with E-state index in [0.29, 0.717) is 0 Å². The maximum absolute atomic E-state index is 10.3. The lowest BCUT2D eigenvalue weighted by molar-refractivity contribution is 0.670. The molecular weight excluding hydrogens is 757 g/mol. The van der Waals surface area contributed by atoms with E-state index in [2.05, 4.69) is 15.0 Å². The van der Waals surface area contributed by atoms with Gasteiger partial charge in [0.15, 0.2) is 17.5 Å². The van der Waals surface area contributed by atoms with Gasteiger partial charge in [-0.25, -0.2) is 15.0 Å². The number of rotatable bonds is 6. The van der Waals surface area contributed by atoms with Gasteiger partial charge in [-0.2, -0.15) is 0 Å². The Morgan fingerprint density at radius 2 is 0.823 bits per heavy atom. The molecule has 0 amide bonds. The van der Waals surface area contributed by atoms with Crippen LogP contribution in [-0.4, -0.2) is 19.5 Å². The first-order valence-electron chi connectivity index (χ1n) is 35.2. The molecule has 62 heavy (non-hydrogen) atoms. The van der Waals surface area contributed by atoms with Gasteiger partial charge in [-0.3, -0.25) is 0 Å². The second-order valence-electron chi connectivity index (χ2n) is 13.3. The summed E-state index contributed by atoms with van der Waals surface area (Å²) < 4.78 is 315. The van der Waals surface area contributed by atoms with E-state index < -0.39 is 322 Å². The number of fused-ring (bicyclic) bond motifs is 6. The SMILES string of the molecule is [2H]c1c([2H])c([2H])c(-c2nc(-c3c([2H])c([2H])c(-c4c([2H])c([2H])c([2H])c([2H])c4[2H])c([2H])c3[2H])nc(-c3c([2H])c([2H])c([2H])c4c3oc3c(-c5c([2H])c6c7c([2H])c([2H])c([2H])c([2H])c7c7c([2H])c([2H])c([2H])c8c7c6c(c5[2H])n8-c5c([2H])c([2H])c([2H])c([2H])c5[2H])c([2H])c([2H])c([2H])c34)n2)c([2H])c1[2H]. The Bertz CT molecular complexity index is 5790. The Kier molecular flexibility index (Phi) is 3.27. The topological polar surface area (TPSA) is 56.7 Å². The molecule has 0 unspecified atom stereocenters. The summed E-state index contributed by atoms with van der Waals surface area (Å²) in [5.74, 6) is -2.83. The zero-order valence-electron chi connectivity index (χ0n) is 64.7. The van der Waals surface area contributed by atoms with Gasteiger partial charge >= 0.3 is 0 Å². The second kappa shape index (κ2) is 13.6. The van der Waals surface area contributed by atoms with Crippen LogP contribution in [0.3, 0.4) is 0 Å². The third-order valence-corrected chi connectivity index (χ3v) is 9.97.